The lowest BCUT2D eigenvalue weighted by atomic mass is 10.1. The van der Waals surface area contributed by atoms with Crippen LogP contribution in [0.5, 0.6) is 0 Å². The Labute approximate surface area is 124 Å². The highest BCUT2D eigenvalue weighted by Crippen LogP contribution is 2.36. The van der Waals surface area contributed by atoms with Gasteiger partial charge in [-0.15, -0.1) is 0 Å². The van der Waals surface area contributed by atoms with Crippen molar-refractivity contribution in [2.24, 2.45) is 0 Å². The van der Waals surface area contributed by atoms with E-state index in [9.17, 15) is 23.3 Å². The van der Waals surface area contributed by atoms with E-state index in [2.05, 4.69) is 5.32 Å². The molecule has 0 aliphatic carbocycles. The van der Waals surface area contributed by atoms with Gasteiger partial charge in [0, 0.05) is 11.8 Å². The van der Waals surface area contributed by atoms with Crippen LogP contribution in [0.1, 0.15) is 16.7 Å². The second kappa shape index (κ2) is 5.67. The molecule has 0 fully saturated rings. The molecule has 0 radical (unpaired) electrons. The minimum absolute atomic E-state index is 0.0185. The molecule has 2 aromatic rings. The predicted molar refractivity (Wildman–Crippen MR) is 77.3 cm³/mol. The first-order valence-electron chi connectivity index (χ1n) is 6.38. The van der Waals surface area contributed by atoms with Crippen LogP contribution in [0.3, 0.4) is 0 Å². The predicted octanol–water partition coefficient (Wildman–Crippen LogP) is 4.97. The fraction of sp³-hybridized carbons (Fsp3) is 0.200. The molecule has 116 valence electrons. The van der Waals surface area contributed by atoms with E-state index in [-0.39, 0.29) is 5.69 Å². The molecule has 4 nitrogen and oxygen atoms in total. The number of rotatable bonds is 3. The number of hydrogen-bond acceptors (Lipinski definition) is 3. The molecule has 2 aromatic carbocycles. The van der Waals surface area contributed by atoms with Gasteiger partial charge >= 0.3 is 6.18 Å². The maximum atomic E-state index is 12.7. The summed E-state index contributed by atoms with van der Waals surface area (Å²) in [6.07, 6.45) is -4.62. The lowest BCUT2D eigenvalue weighted by Gasteiger charge is -2.12. The van der Waals surface area contributed by atoms with E-state index in [1.807, 2.05) is 26.0 Å². The Morgan fingerprint density at radius 3 is 2.23 bits per heavy atom. The fourth-order valence-corrected chi connectivity index (χ4v) is 2.06. The number of nitrogens with zero attached hydrogens (tertiary/aromatic N) is 1. The normalized spacial score (nSPS) is 11.3. The second-order valence-electron chi connectivity index (χ2n) is 4.93. The van der Waals surface area contributed by atoms with Gasteiger partial charge in [-0.05, 0) is 37.6 Å². The van der Waals surface area contributed by atoms with Gasteiger partial charge in [0.25, 0.3) is 5.69 Å². The zero-order valence-electron chi connectivity index (χ0n) is 11.9. The van der Waals surface area contributed by atoms with Gasteiger partial charge in [0.1, 0.15) is 5.69 Å². The molecule has 1 N–H and O–H groups in total. The average molecular weight is 310 g/mol. The molecule has 0 amide bonds. The van der Waals surface area contributed by atoms with Crippen molar-refractivity contribution in [2.45, 2.75) is 20.0 Å². The van der Waals surface area contributed by atoms with Crippen LogP contribution in [0, 0.1) is 24.0 Å². The summed E-state index contributed by atoms with van der Waals surface area (Å²) in [5, 5.41) is 13.8. The summed E-state index contributed by atoms with van der Waals surface area (Å²) in [7, 11) is 0. The highest BCUT2D eigenvalue weighted by atomic mass is 19.4. The molecule has 22 heavy (non-hydrogen) atoms. The van der Waals surface area contributed by atoms with Crippen molar-refractivity contribution in [1.82, 2.24) is 0 Å². The van der Waals surface area contributed by atoms with Crippen LogP contribution in [0.25, 0.3) is 0 Å². The molecule has 0 aromatic heterocycles. The van der Waals surface area contributed by atoms with Crippen molar-refractivity contribution in [3.63, 3.8) is 0 Å². The Hall–Kier alpha value is -2.57. The molecular formula is C15H13F3N2O2. The summed E-state index contributed by atoms with van der Waals surface area (Å²) in [5.74, 6) is 0. The van der Waals surface area contributed by atoms with Gasteiger partial charge in [-0.3, -0.25) is 10.1 Å². The maximum absolute atomic E-state index is 12.7. The van der Waals surface area contributed by atoms with Crippen LogP contribution in [0.15, 0.2) is 36.4 Å². The molecule has 0 saturated carbocycles. The number of nitrogens with one attached hydrogen (secondary N) is 1. The van der Waals surface area contributed by atoms with Crippen LogP contribution < -0.4 is 5.32 Å². The fourth-order valence-electron chi connectivity index (χ4n) is 2.06. The second-order valence-corrected chi connectivity index (χ2v) is 4.93. The summed E-state index contributed by atoms with van der Waals surface area (Å²) < 4.78 is 38.0. The minimum Gasteiger partial charge on any atom is -0.350 e. The highest BCUT2D eigenvalue weighted by Gasteiger charge is 2.33. The van der Waals surface area contributed by atoms with Gasteiger partial charge in [-0.25, -0.2) is 0 Å². The van der Waals surface area contributed by atoms with Crippen molar-refractivity contribution in [2.75, 3.05) is 5.32 Å². The van der Waals surface area contributed by atoms with Crippen molar-refractivity contribution < 1.29 is 18.1 Å². The van der Waals surface area contributed by atoms with Crippen LogP contribution in [0.4, 0.5) is 30.2 Å². The molecule has 0 aliphatic rings. The van der Waals surface area contributed by atoms with Gasteiger partial charge in [-0.2, -0.15) is 13.2 Å². The van der Waals surface area contributed by atoms with Gasteiger partial charge in [0.15, 0.2) is 0 Å². The molecule has 7 heteroatoms. The number of alkyl halides is 3. The standard InChI is InChI=1S/C15H13F3N2O2/c1-9-3-5-12(10(2)7-9)19-13-6-4-11(15(16,17)18)8-14(13)20(21)22/h3-8,19H,1-2H3. The van der Waals surface area contributed by atoms with Crippen LogP contribution in [-0.4, -0.2) is 4.92 Å². The zero-order chi connectivity index (χ0) is 16.5. The van der Waals surface area contributed by atoms with E-state index >= 15 is 0 Å². The number of nitro groups is 1. The van der Waals surface area contributed by atoms with E-state index in [0.717, 1.165) is 23.3 Å². The minimum atomic E-state index is -4.62. The van der Waals surface area contributed by atoms with Crippen molar-refractivity contribution in [3.8, 4) is 0 Å². The number of halogens is 3. The molecule has 0 spiro atoms. The van der Waals surface area contributed by atoms with Crippen molar-refractivity contribution in [3.05, 3.63) is 63.2 Å². The molecule has 2 rings (SSSR count). The lowest BCUT2D eigenvalue weighted by Crippen LogP contribution is -2.07. The Kier molecular flexibility index (Phi) is 4.07. The van der Waals surface area contributed by atoms with Crippen LogP contribution in [0.2, 0.25) is 0 Å². The Bertz CT molecular complexity index is 727. The van der Waals surface area contributed by atoms with Crippen LogP contribution in [-0.2, 0) is 6.18 Å². The van der Waals surface area contributed by atoms with E-state index in [0.29, 0.717) is 11.8 Å². The third-order valence-electron chi connectivity index (χ3n) is 3.17. The number of hydrogen-bond donors (Lipinski definition) is 1. The number of aryl methyl sites for hydroxylation is 2. The average Bonchev–Trinajstić information content (AvgIpc) is 2.40. The molecule has 0 unspecified atom stereocenters. The third kappa shape index (κ3) is 3.36. The van der Waals surface area contributed by atoms with Gasteiger partial charge in [0.05, 0.1) is 10.5 Å². The highest BCUT2D eigenvalue weighted by molar-refractivity contribution is 5.72. The van der Waals surface area contributed by atoms with Crippen molar-refractivity contribution in [1.29, 1.82) is 0 Å². The topological polar surface area (TPSA) is 55.2 Å². The maximum Gasteiger partial charge on any atom is 0.416 e. The SMILES string of the molecule is Cc1ccc(Nc2ccc(C(F)(F)F)cc2[N+](=O)[O-])c(C)c1. The van der Waals surface area contributed by atoms with E-state index in [1.165, 1.54) is 0 Å². The van der Waals surface area contributed by atoms with Crippen molar-refractivity contribution >= 4 is 17.1 Å². The zero-order valence-corrected chi connectivity index (χ0v) is 11.9. The lowest BCUT2D eigenvalue weighted by molar-refractivity contribution is -0.384. The van der Waals surface area contributed by atoms with Gasteiger partial charge in [-0.1, -0.05) is 17.7 Å². The quantitative estimate of drug-likeness (QED) is 0.643. The summed E-state index contributed by atoms with van der Waals surface area (Å²) in [6.45, 7) is 3.71. The van der Waals surface area contributed by atoms with Gasteiger partial charge < -0.3 is 5.32 Å². The molecular weight excluding hydrogens is 297 g/mol. The first kappa shape index (κ1) is 15.8. The molecule has 0 atom stereocenters. The van der Waals surface area contributed by atoms with Gasteiger partial charge in [0.2, 0.25) is 0 Å². The Balaban J connectivity index is 2.44. The van der Waals surface area contributed by atoms with Crippen LogP contribution >= 0.6 is 0 Å². The Morgan fingerprint density at radius 1 is 1.05 bits per heavy atom. The summed E-state index contributed by atoms with van der Waals surface area (Å²) in [6, 6.07) is 7.83. The summed E-state index contributed by atoms with van der Waals surface area (Å²) >= 11 is 0. The first-order valence-corrected chi connectivity index (χ1v) is 6.38. The first-order chi connectivity index (χ1) is 10.2. The van der Waals surface area contributed by atoms with E-state index in [4.69, 9.17) is 0 Å². The number of nitro benzene ring substituents is 1. The summed E-state index contributed by atoms with van der Waals surface area (Å²) in [4.78, 5) is 10.2. The smallest absolute Gasteiger partial charge is 0.350 e. The molecule has 0 bridgehead atoms. The van der Waals surface area contributed by atoms with E-state index in [1.54, 1.807) is 6.07 Å². The Morgan fingerprint density at radius 2 is 1.68 bits per heavy atom. The molecule has 0 saturated heterocycles. The van der Waals surface area contributed by atoms with E-state index < -0.39 is 22.4 Å². The number of anilines is 2. The number of benzene rings is 2. The molecule has 0 heterocycles. The third-order valence-corrected chi connectivity index (χ3v) is 3.17. The monoisotopic (exact) mass is 310 g/mol. The summed E-state index contributed by atoms with van der Waals surface area (Å²) in [5.41, 5.74) is 0.817. The molecule has 0 aliphatic heterocycles. The largest absolute Gasteiger partial charge is 0.416 e.